The molecular formula is C19H23NOS. The lowest BCUT2D eigenvalue weighted by Crippen LogP contribution is -2.34. The van der Waals surface area contributed by atoms with Gasteiger partial charge in [-0.2, -0.15) is 0 Å². The number of benzene rings is 2. The Balaban J connectivity index is 1.96. The van der Waals surface area contributed by atoms with Crippen LogP contribution in [0.15, 0.2) is 59.5 Å². The summed E-state index contributed by atoms with van der Waals surface area (Å²) in [7, 11) is 0. The van der Waals surface area contributed by atoms with Crippen LogP contribution in [0, 0.1) is 6.92 Å². The summed E-state index contributed by atoms with van der Waals surface area (Å²) in [6, 6.07) is 18.5. The molecule has 0 saturated heterocycles. The molecule has 0 heterocycles. The first-order chi connectivity index (χ1) is 10.6. The van der Waals surface area contributed by atoms with Crippen molar-refractivity contribution in [1.29, 1.82) is 0 Å². The second kappa shape index (κ2) is 8.04. The van der Waals surface area contributed by atoms with Gasteiger partial charge in [-0.05, 0) is 38.0 Å². The van der Waals surface area contributed by atoms with E-state index in [1.807, 2.05) is 25.1 Å². The van der Waals surface area contributed by atoms with E-state index < -0.39 is 0 Å². The normalized spacial score (nSPS) is 13.4. The van der Waals surface area contributed by atoms with Crippen molar-refractivity contribution < 1.29 is 4.79 Å². The van der Waals surface area contributed by atoms with E-state index in [2.05, 4.69) is 55.6 Å². The van der Waals surface area contributed by atoms with Crippen LogP contribution in [0.2, 0.25) is 0 Å². The van der Waals surface area contributed by atoms with Crippen molar-refractivity contribution in [3.63, 3.8) is 0 Å². The molecule has 22 heavy (non-hydrogen) atoms. The molecule has 1 amide bonds. The first-order valence-electron chi connectivity index (χ1n) is 7.68. The maximum atomic E-state index is 12.4. The Bertz CT molecular complexity index is 595. The molecule has 116 valence electrons. The maximum Gasteiger partial charge on any atom is 0.233 e. The topological polar surface area (TPSA) is 29.1 Å². The van der Waals surface area contributed by atoms with Crippen LogP contribution in [0.4, 0.5) is 0 Å². The second-order valence-electron chi connectivity index (χ2n) is 5.45. The summed E-state index contributed by atoms with van der Waals surface area (Å²) in [4.78, 5) is 13.6. The highest BCUT2D eigenvalue weighted by Gasteiger charge is 2.18. The lowest BCUT2D eigenvalue weighted by Gasteiger charge is -2.20. The van der Waals surface area contributed by atoms with Gasteiger partial charge in [0.05, 0.1) is 11.3 Å². The highest BCUT2D eigenvalue weighted by molar-refractivity contribution is 8.00. The van der Waals surface area contributed by atoms with E-state index in [1.165, 1.54) is 5.56 Å². The highest BCUT2D eigenvalue weighted by Crippen LogP contribution is 2.25. The molecule has 2 rings (SSSR count). The number of hydrogen-bond acceptors (Lipinski definition) is 2. The minimum atomic E-state index is -0.111. The van der Waals surface area contributed by atoms with E-state index in [1.54, 1.807) is 11.8 Å². The fourth-order valence-electron chi connectivity index (χ4n) is 2.27. The fourth-order valence-corrected chi connectivity index (χ4v) is 3.15. The molecule has 0 aromatic heterocycles. The second-order valence-corrected chi connectivity index (χ2v) is 6.87. The molecule has 0 fully saturated rings. The van der Waals surface area contributed by atoms with Gasteiger partial charge >= 0.3 is 0 Å². The van der Waals surface area contributed by atoms with Crippen LogP contribution >= 0.6 is 11.8 Å². The Morgan fingerprint density at radius 1 is 1.09 bits per heavy atom. The lowest BCUT2D eigenvalue weighted by atomic mass is 10.0. The SMILES string of the molecule is CC[C@H](NC(=O)[C@@H](C)Sc1ccc(C)cc1)c1ccccc1. The Morgan fingerprint density at radius 2 is 1.73 bits per heavy atom. The Hall–Kier alpha value is -1.74. The molecule has 0 aliphatic heterocycles. The van der Waals surface area contributed by atoms with Gasteiger partial charge in [0.15, 0.2) is 0 Å². The zero-order chi connectivity index (χ0) is 15.9. The summed E-state index contributed by atoms with van der Waals surface area (Å²) < 4.78 is 0. The zero-order valence-electron chi connectivity index (χ0n) is 13.4. The van der Waals surface area contributed by atoms with Crippen LogP contribution in [0.5, 0.6) is 0 Å². The standard InChI is InChI=1S/C19H23NOS/c1-4-18(16-8-6-5-7-9-16)20-19(21)15(3)22-17-12-10-14(2)11-13-17/h5-13,15,18H,4H2,1-3H3,(H,20,21)/t15-,18+/m1/s1. The van der Waals surface area contributed by atoms with E-state index in [0.29, 0.717) is 0 Å². The van der Waals surface area contributed by atoms with Gasteiger partial charge in [0.2, 0.25) is 5.91 Å². The number of nitrogens with one attached hydrogen (secondary N) is 1. The van der Waals surface area contributed by atoms with Crippen LogP contribution < -0.4 is 5.32 Å². The third kappa shape index (κ3) is 4.63. The van der Waals surface area contributed by atoms with Crippen molar-refractivity contribution >= 4 is 17.7 Å². The van der Waals surface area contributed by atoms with Gasteiger partial charge in [-0.3, -0.25) is 4.79 Å². The monoisotopic (exact) mass is 313 g/mol. The quantitative estimate of drug-likeness (QED) is 0.780. The van der Waals surface area contributed by atoms with Crippen LogP contribution in [0.25, 0.3) is 0 Å². The summed E-state index contributed by atoms with van der Waals surface area (Å²) in [5.74, 6) is 0.0845. The third-order valence-corrected chi connectivity index (χ3v) is 4.74. The number of amides is 1. The number of thioether (sulfide) groups is 1. The summed E-state index contributed by atoms with van der Waals surface area (Å²) >= 11 is 1.60. The molecule has 0 unspecified atom stereocenters. The molecule has 2 aromatic carbocycles. The smallest absolute Gasteiger partial charge is 0.233 e. The van der Waals surface area contributed by atoms with Gasteiger partial charge in [0.25, 0.3) is 0 Å². The predicted molar refractivity (Wildman–Crippen MR) is 94.1 cm³/mol. The summed E-state index contributed by atoms with van der Waals surface area (Å²) in [6.07, 6.45) is 0.887. The molecule has 2 atom stereocenters. The van der Waals surface area contributed by atoms with Crippen molar-refractivity contribution in [3.05, 3.63) is 65.7 Å². The van der Waals surface area contributed by atoms with E-state index in [9.17, 15) is 4.79 Å². The van der Waals surface area contributed by atoms with Gasteiger partial charge in [-0.25, -0.2) is 0 Å². The van der Waals surface area contributed by atoms with Crippen molar-refractivity contribution in [3.8, 4) is 0 Å². The molecule has 0 saturated carbocycles. The molecule has 0 radical (unpaired) electrons. The van der Waals surface area contributed by atoms with Gasteiger partial charge in [0, 0.05) is 4.90 Å². The minimum Gasteiger partial charge on any atom is -0.348 e. The van der Waals surface area contributed by atoms with Gasteiger partial charge in [-0.15, -0.1) is 11.8 Å². The van der Waals surface area contributed by atoms with Crippen LogP contribution in [-0.2, 0) is 4.79 Å². The number of aryl methyl sites for hydroxylation is 1. The molecule has 0 aliphatic carbocycles. The third-order valence-electron chi connectivity index (χ3n) is 3.63. The number of rotatable bonds is 6. The van der Waals surface area contributed by atoms with E-state index >= 15 is 0 Å². The Labute approximate surface area is 137 Å². The number of hydrogen-bond donors (Lipinski definition) is 1. The van der Waals surface area contributed by atoms with Gasteiger partial charge < -0.3 is 5.32 Å². The van der Waals surface area contributed by atoms with Crippen molar-refractivity contribution in [2.75, 3.05) is 0 Å². The summed E-state index contributed by atoms with van der Waals surface area (Å²) in [5.41, 5.74) is 2.39. The lowest BCUT2D eigenvalue weighted by molar-refractivity contribution is -0.121. The van der Waals surface area contributed by atoms with Gasteiger partial charge in [0.1, 0.15) is 0 Å². The number of carbonyl (C=O) groups excluding carboxylic acids is 1. The van der Waals surface area contributed by atoms with Crippen molar-refractivity contribution in [2.24, 2.45) is 0 Å². The maximum absolute atomic E-state index is 12.4. The molecule has 0 bridgehead atoms. The molecule has 1 N–H and O–H groups in total. The van der Waals surface area contributed by atoms with E-state index in [-0.39, 0.29) is 17.2 Å². The van der Waals surface area contributed by atoms with Crippen LogP contribution in [0.1, 0.15) is 37.4 Å². The predicted octanol–water partition coefficient (Wildman–Crippen LogP) is 4.74. The van der Waals surface area contributed by atoms with Gasteiger partial charge in [-0.1, -0.05) is 55.0 Å². The highest BCUT2D eigenvalue weighted by atomic mass is 32.2. The first-order valence-corrected chi connectivity index (χ1v) is 8.56. The molecule has 2 nitrogen and oxygen atoms in total. The van der Waals surface area contributed by atoms with Crippen LogP contribution in [-0.4, -0.2) is 11.2 Å². The van der Waals surface area contributed by atoms with E-state index in [0.717, 1.165) is 16.9 Å². The molecule has 3 heteroatoms. The first kappa shape index (κ1) is 16.6. The molecule has 0 spiro atoms. The Kier molecular flexibility index (Phi) is 6.08. The van der Waals surface area contributed by atoms with E-state index in [4.69, 9.17) is 0 Å². The summed E-state index contributed by atoms with van der Waals surface area (Å²) in [5, 5.41) is 3.04. The Morgan fingerprint density at radius 3 is 2.32 bits per heavy atom. The van der Waals surface area contributed by atoms with Crippen molar-refractivity contribution in [1.82, 2.24) is 5.32 Å². The largest absolute Gasteiger partial charge is 0.348 e. The van der Waals surface area contributed by atoms with Crippen LogP contribution in [0.3, 0.4) is 0 Å². The molecule has 2 aromatic rings. The molecule has 0 aliphatic rings. The summed E-state index contributed by atoms with van der Waals surface area (Å²) in [6.45, 7) is 6.11. The fraction of sp³-hybridized carbons (Fsp3) is 0.316. The van der Waals surface area contributed by atoms with Crippen molar-refractivity contribution in [2.45, 2.75) is 43.4 Å². The average molecular weight is 313 g/mol. The number of carbonyl (C=O) groups is 1. The average Bonchev–Trinajstić information content (AvgIpc) is 2.55. The molecular weight excluding hydrogens is 290 g/mol. The zero-order valence-corrected chi connectivity index (χ0v) is 14.2. The minimum absolute atomic E-state index is 0.0785.